The van der Waals surface area contributed by atoms with Gasteiger partial charge in [0.1, 0.15) is 11.5 Å². The van der Waals surface area contributed by atoms with Crippen molar-refractivity contribution < 1.29 is 14.0 Å². The van der Waals surface area contributed by atoms with E-state index in [1.165, 1.54) is 5.56 Å². The third-order valence-corrected chi connectivity index (χ3v) is 4.07. The molecule has 1 aliphatic rings. The monoisotopic (exact) mass is 303 g/mol. The van der Waals surface area contributed by atoms with Crippen molar-refractivity contribution in [2.45, 2.75) is 32.4 Å². The second kappa shape index (κ2) is 6.36. The fraction of sp³-hybridized carbons (Fsp3) is 0.500. The molecule has 118 valence electrons. The highest BCUT2D eigenvalue weighted by atomic mass is 16.5. The molecule has 1 atom stereocenters. The van der Waals surface area contributed by atoms with Gasteiger partial charge in [-0.05, 0) is 32.4 Å². The Morgan fingerprint density at radius 3 is 2.86 bits per heavy atom. The highest BCUT2D eigenvalue weighted by Gasteiger charge is 2.29. The minimum Gasteiger partial charge on any atom is -0.497 e. The lowest BCUT2D eigenvalue weighted by atomic mass is 10.0. The Balaban J connectivity index is 1.83. The molecule has 1 aromatic carbocycles. The first kappa shape index (κ1) is 14.8. The van der Waals surface area contributed by atoms with Gasteiger partial charge < -0.3 is 14.0 Å². The van der Waals surface area contributed by atoms with Crippen LogP contribution in [0.1, 0.15) is 36.2 Å². The van der Waals surface area contributed by atoms with E-state index in [1.54, 1.807) is 14.2 Å². The Morgan fingerprint density at radius 1 is 1.32 bits per heavy atom. The van der Waals surface area contributed by atoms with E-state index in [-0.39, 0.29) is 0 Å². The standard InChI is InChI=1S/C16H21N3O3/c1-11-17-16(22-18-11)10-19-8-4-5-14(19)13-7-6-12(20-2)9-15(13)21-3/h6-7,9,14H,4-5,8,10H2,1-3H3. The van der Waals surface area contributed by atoms with Gasteiger partial charge in [-0.2, -0.15) is 4.98 Å². The predicted octanol–water partition coefficient (Wildman–Crippen LogP) is 2.73. The molecule has 0 radical (unpaired) electrons. The first-order valence-electron chi connectivity index (χ1n) is 7.46. The molecular weight excluding hydrogens is 282 g/mol. The molecule has 0 bridgehead atoms. The van der Waals surface area contributed by atoms with E-state index in [0.717, 1.165) is 30.9 Å². The van der Waals surface area contributed by atoms with Crippen LogP contribution in [0.25, 0.3) is 0 Å². The highest BCUT2D eigenvalue weighted by molar-refractivity contribution is 5.42. The van der Waals surface area contributed by atoms with Gasteiger partial charge in [-0.15, -0.1) is 0 Å². The topological polar surface area (TPSA) is 60.6 Å². The number of aromatic nitrogens is 2. The summed E-state index contributed by atoms with van der Waals surface area (Å²) in [6.45, 7) is 3.52. The number of rotatable bonds is 5. The molecule has 0 spiro atoms. The van der Waals surface area contributed by atoms with Gasteiger partial charge in [-0.25, -0.2) is 0 Å². The smallest absolute Gasteiger partial charge is 0.240 e. The van der Waals surface area contributed by atoms with Crippen LogP contribution in [0.3, 0.4) is 0 Å². The van der Waals surface area contributed by atoms with Gasteiger partial charge in [0.15, 0.2) is 5.82 Å². The second-order valence-corrected chi connectivity index (χ2v) is 5.47. The van der Waals surface area contributed by atoms with Gasteiger partial charge in [-0.1, -0.05) is 11.2 Å². The van der Waals surface area contributed by atoms with Crippen molar-refractivity contribution in [1.82, 2.24) is 15.0 Å². The molecule has 1 aliphatic heterocycles. The van der Waals surface area contributed by atoms with E-state index in [2.05, 4.69) is 21.1 Å². The minimum absolute atomic E-state index is 0.299. The quantitative estimate of drug-likeness (QED) is 0.846. The van der Waals surface area contributed by atoms with Crippen LogP contribution in [0.2, 0.25) is 0 Å². The van der Waals surface area contributed by atoms with Crippen LogP contribution in [0.5, 0.6) is 11.5 Å². The van der Waals surface area contributed by atoms with E-state index < -0.39 is 0 Å². The largest absolute Gasteiger partial charge is 0.497 e. The van der Waals surface area contributed by atoms with Crippen molar-refractivity contribution in [3.05, 3.63) is 35.5 Å². The molecule has 0 N–H and O–H groups in total. The van der Waals surface area contributed by atoms with Gasteiger partial charge in [-0.3, -0.25) is 4.90 Å². The average Bonchev–Trinajstić information content (AvgIpc) is 3.16. The average molecular weight is 303 g/mol. The van der Waals surface area contributed by atoms with Crippen molar-refractivity contribution in [3.8, 4) is 11.5 Å². The number of likely N-dealkylation sites (tertiary alicyclic amines) is 1. The lowest BCUT2D eigenvalue weighted by molar-refractivity contribution is 0.209. The summed E-state index contributed by atoms with van der Waals surface area (Å²) in [5.74, 6) is 3.00. The molecule has 1 unspecified atom stereocenters. The summed E-state index contributed by atoms with van der Waals surface area (Å²) in [7, 11) is 3.35. The fourth-order valence-corrected chi connectivity index (χ4v) is 3.04. The maximum absolute atomic E-state index is 5.54. The number of nitrogens with zero attached hydrogens (tertiary/aromatic N) is 3. The van der Waals surface area contributed by atoms with Crippen molar-refractivity contribution in [1.29, 1.82) is 0 Å². The van der Waals surface area contributed by atoms with E-state index >= 15 is 0 Å². The molecule has 2 aromatic rings. The van der Waals surface area contributed by atoms with Gasteiger partial charge >= 0.3 is 0 Å². The lowest BCUT2D eigenvalue weighted by Crippen LogP contribution is -2.23. The van der Waals surface area contributed by atoms with Crippen LogP contribution in [-0.4, -0.2) is 35.8 Å². The Kier molecular flexibility index (Phi) is 4.29. The number of ether oxygens (including phenoxy) is 2. The SMILES string of the molecule is COc1ccc(C2CCCN2Cc2nc(C)no2)c(OC)c1. The summed E-state index contributed by atoms with van der Waals surface area (Å²) in [4.78, 5) is 6.66. The number of hydrogen-bond donors (Lipinski definition) is 0. The molecule has 1 saturated heterocycles. The summed E-state index contributed by atoms with van der Waals surface area (Å²) < 4.78 is 16.1. The predicted molar refractivity (Wildman–Crippen MR) is 81.0 cm³/mol. The summed E-state index contributed by atoms with van der Waals surface area (Å²) in [6, 6.07) is 6.29. The first-order valence-corrected chi connectivity index (χ1v) is 7.46. The van der Waals surface area contributed by atoms with E-state index in [4.69, 9.17) is 14.0 Å². The summed E-state index contributed by atoms with van der Waals surface area (Å²) >= 11 is 0. The van der Waals surface area contributed by atoms with Crippen molar-refractivity contribution in [3.63, 3.8) is 0 Å². The maximum Gasteiger partial charge on any atom is 0.240 e. The summed E-state index contributed by atoms with van der Waals surface area (Å²) in [5.41, 5.74) is 1.18. The highest BCUT2D eigenvalue weighted by Crippen LogP contribution is 2.39. The fourth-order valence-electron chi connectivity index (χ4n) is 3.04. The van der Waals surface area contributed by atoms with Gasteiger partial charge in [0.05, 0.1) is 20.8 Å². The van der Waals surface area contributed by atoms with Crippen LogP contribution in [0.15, 0.2) is 22.7 Å². The van der Waals surface area contributed by atoms with Crippen molar-refractivity contribution in [2.75, 3.05) is 20.8 Å². The van der Waals surface area contributed by atoms with Crippen molar-refractivity contribution in [2.24, 2.45) is 0 Å². The van der Waals surface area contributed by atoms with Gasteiger partial charge in [0, 0.05) is 17.7 Å². The van der Waals surface area contributed by atoms with Crippen LogP contribution < -0.4 is 9.47 Å². The molecule has 0 saturated carbocycles. The summed E-state index contributed by atoms with van der Waals surface area (Å²) in [6.07, 6.45) is 2.24. The molecule has 1 aromatic heterocycles. The number of methoxy groups -OCH3 is 2. The molecular formula is C16H21N3O3. The van der Waals surface area contributed by atoms with Gasteiger partial charge in [0.2, 0.25) is 5.89 Å². The summed E-state index contributed by atoms with van der Waals surface area (Å²) in [5, 5.41) is 3.86. The lowest BCUT2D eigenvalue weighted by Gasteiger charge is -2.25. The molecule has 0 amide bonds. The van der Waals surface area contributed by atoms with E-state index in [9.17, 15) is 0 Å². The van der Waals surface area contributed by atoms with Crippen LogP contribution >= 0.6 is 0 Å². The molecule has 3 rings (SSSR count). The van der Waals surface area contributed by atoms with E-state index in [1.807, 2.05) is 19.1 Å². The third-order valence-electron chi connectivity index (χ3n) is 4.07. The maximum atomic E-state index is 5.54. The zero-order chi connectivity index (χ0) is 15.5. The van der Waals surface area contributed by atoms with E-state index in [0.29, 0.717) is 24.3 Å². The molecule has 1 fully saturated rings. The van der Waals surface area contributed by atoms with Crippen LogP contribution in [0.4, 0.5) is 0 Å². The zero-order valence-electron chi connectivity index (χ0n) is 13.2. The minimum atomic E-state index is 0.299. The molecule has 22 heavy (non-hydrogen) atoms. The number of benzene rings is 1. The van der Waals surface area contributed by atoms with Crippen LogP contribution in [0, 0.1) is 6.92 Å². The molecule has 0 aliphatic carbocycles. The Labute approximate surface area is 130 Å². The Bertz CT molecular complexity index is 641. The number of aryl methyl sites for hydroxylation is 1. The normalized spacial score (nSPS) is 18.6. The second-order valence-electron chi connectivity index (χ2n) is 5.47. The van der Waals surface area contributed by atoms with Gasteiger partial charge in [0.25, 0.3) is 0 Å². The van der Waals surface area contributed by atoms with Crippen molar-refractivity contribution >= 4 is 0 Å². The first-order chi connectivity index (χ1) is 10.7. The third kappa shape index (κ3) is 2.92. The van der Waals surface area contributed by atoms with Crippen LogP contribution in [-0.2, 0) is 6.54 Å². The Hall–Kier alpha value is -2.08. The molecule has 2 heterocycles. The Morgan fingerprint density at radius 2 is 2.18 bits per heavy atom. The molecule has 6 nitrogen and oxygen atoms in total. The molecule has 6 heteroatoms. The zero-order valence-corrected chi connectivity index (χ0v) is 13.2. The number of hydrogen-bond acceptors (Lipinski definition) is 6.